The van der Waals surface area contributed by atoms with Crippen molar-refractivity contribution >= 4 is 11.6 Å². The first-order valence-corrected chi connectivity index (χ1v) is 6.60. The number of nitrogens with zero attached hydrogens (tertiary/aromatic N) is 3. The van der Waals surface area contributed by atoms with Crippen LogP contribution in [0.5, 0.6) is 0 Å². The van der Waals surface area contributed by atoms with E-state index < -0.39 is 6.10 Å². The molecule has 2 aromatic rings. The second-order valence-corrected chi connectivity index (χ2v) is 5.14. The summed E-state index contributed by atoms with van der Waals surface area (Å²) in [5.74, 6) is 0. The van der Waals surface area contributed by atoms with Crippen molar-refractivity contribution in [3.63, 3.8) is 0 Å². The Hall–Kier alpha value is -1.36. The minimum absolute atomic E-state index is 0.433. The van der Waals surface area contributed by atoms with Crippen molar-refractivity contribution in [1.29, 1.82) is 0 Å². The summed E-state index contributed by atoms with van der Waals surface area (Å²) < 4.78 is 1.74. The lowest BCUT2D eigenvalue weighted by Gasteiger charge is -2.20. The zero-order chi connectivity index (χ0) is 13.7. The van der Waals surface area contributed by atoms with Gasteiger partial charge in [-0.3, -0.25) is 9.58 Å². The molecule has 102 valence electrons. The zero-order valence-electron chi connectivity index (χ0n) is 10.9. The fraction of sp³-hybridized carbons (Fsp3) is 0.357. The highest BCUT2D eigenvalue weighted by atomic mass is 35.5. The quantitative estimate of drug-likeness (QED) is 0.880. The van der Waals surface area contributed by atoms with Gasteiger partial charge in [0.15, 0.2) is 0 Å². The Labute approximate surface area is 118 Å². The molecule has 0 fully saturated rings. The van der Waals surface area contributed by atoms with Crippen molar-refractivity contribution in [2.24, 2.45) is 0 Å². The van der Waals surface area contributed by atoms with E-state index in [1.165, 1.54) is 5.56 Å². The van der Waals surface area contributed by atoms with Gasteiger partial charge in [-0.15, -0.1) is 0 Å². The van der Waals surface area contributed by atoms with Crippen LogP contribution in [0, 0.1) is 0 Å². The van der Waals surface area contributed by atoms with E-state index in [0.717, 1.165) is 11.6 Å². The van der Waals surface area contributed by atoms with E-state index in [2.05, 4.69) is 10.00 Å². The van der Waals surface area contributed by atoms with Gasteiger partial charge in [-0.2, -0.15) is 5.10 Å². The van der Waals surface area contributed by atoms with Gasteiger partial charge in [-0.05, 0) is 30.8 Å². The van der Waals surface area contributed by atoms with E-state index in [1.54, 1.807) is 10.9 Å². The number of hydrogen-bond acceptors (Lipinski definition) is 3. The third-order valence-electron chi connectivity index (χ3n) is 2.85. The van der Waals surface area contributed by atoms with Gasteiger partial charge in [0, 0.05) is 30.5 Å². The molecule has 0 radical (unpaired) electrons. The molecule has 0 aliphatic heterocycles. The molecule has 0 unspecified atom stereocenters. The Bertz CT molecular complexity index is 484. The molecule has 1 N–H and O–H groups in total. The maximum Gasteiger partial charge on any atom is 0.0862 e. The molecule has 0 bridgehead atoms. The van der Waals surface area contributed by atoms with Gasteiger partial charge < -0.3 is 5.11 Å². The van der Waals surface area contributed by atoms with E-state index in [-0.39, 0.29) is 0 Å². The molecule has 0 spiro atoms. The van der Waals surface area contributed by atoms with Crippen LogP contribution in [0.2, 0.25) is 5.02 Å². The molecule has 0 aliphatic rings. The van der Waals surface area contributed by atoms with Crippen LogP contribution in [0.1, 0.15) is 5.56 Å². The van der Waals surface area contributed by atoms with Gasteiger partial charge >= 0.3 is 0 Å². The molecule has 2 rings (SSSR count). The predicted octanol–water partition coefficient (Wildman–Crippen LogP) is 2.03. The van der Waals surface area contributed by atoms with E-state index in [4.69, 9.17) is 11.6 Å². The van der Waals surface area contributed by atoms with Crippen molar-refractivity contribution < 1.29 is 5.11 Å². The molecular formula is C14H18ClN3O. The molecule has 0 aliphatic carbocycles. The molecule has 4 nitrogen and oxygen atoms in total. The smallest absolute Gasteiger partial charge is 0.0862 e. The van der Waals surface area contributed by atoms with Crippen LogP contribution in [0.4, 0.5) is 0 Å². The third kappa shape index (κ3) is 4.67. The predicted molar refractivity (Wildman–Crippen MR) is 76.0 cm³/mol. The van der Waals surface area contributed by atoms with Crippen molar-refractivity contribution in [3.8, 4) is 0 Å². The average Bonchev–Trinajstić information content (AvgIpc) is 2.84. The van der Waals surface area contributed by atoms with Crippen LogP contribution < -0.4 is 0 Å². The average molecular weight is 280 g/mol. The Balaban J connectivity index is 1.80. The Morgan fingerprint density at radius 1 is 1.37 bits per heavy atom. The minimum Gasteiger partial charge on any atom is -0.390 e. The summed E-state index contributed by atoms with van der Waals surface area (Å²) >= 11 is 5.85. The van der Waals surface area contributed by atoms with E-state index in [9.17, 15) is 5.11 Å². The number of rotatable bonds is 6. The van der Waals surface area contributed by atoms with Gasteiger partial charge in [-0.25, -0.2) is 0 Å². The first kappa shape index (κ1) is 14.1. The summed E-state index contributed by atoms with van der Waals surface area (Å²) in [7, 11) is 1.99. The SMILES string of the molecule is CN(Cc1ccc(Cl)cc1)C[C@@H](O)Cn1cccn1. The lowest BCUT2D eigenvalue weighted by molar-refractivity contribution is 0.104. The Kier molecular flexibility index (Phi) is 4.96. The fourth-order valence-corrected chi connectivity index (χ4v) is 2.13. The molecule has 1 aromatic heterocycles. The molecular weight excluding hydrogens is 262 g/mol. The highest BCUT2D eigenvalue weighted by Gasteiger charge is 2.09. The van der Waals surface area contributed by atoms with Gasteiger partial charge in [0.05, 0.1) is 12.6 Å². The van der Waals surface area contributed by atoms with Crippen molar-refractivity contribution in [2.45, 2.75) is 19.2 Å². The number of aliphatic hydroxyl groups excluding tert-OH is 1. The number of hydrogen-bond donors (Lipinski definition) is 1. The van der Waals surface area contributed by atoms with E-state index in [1.807, 2.05) is 43.6 Å². The molecule has 0 amide bonds. The maximum atomic E-state index is 9.99. The minimum atomic E-state index is -0.433. The lowest BCUT2D eigenvalue weighted by Crippen LogP contribution is -2.31. The monoisotopic (exact) mass is 279 g/mol. The number of aromatic nitrogens is 2. The second-order valence-electron chi connectivity index (χ2n) is 4.71. The maximum absolute atomic E-state index is 9.99. The van der Waals surface area contributed by atoms with Crippen LogP contribution in [-0.2, 0) is 13.1 Å². The molecule has 5 heteroatoms. The van der Waals surface area contributed by atoms with Crippen LogP contribution >= 0.6 is 11.6 Å². The van der Waals surface area contributed by atoms with Crippen molar-refractivity contribution in [1.82, 2.24) is 14.7 Å². The van der Waals surface area contributed by atoms with Gasteiger partial charge in [0.2, 0.25) is 0 Å². The van der Waals surface area contributed by atoms with Gasteiger partial charge in [-0.1, -0.05) is 23.7 Å². The van der Waals surface area contributed by atoms with Crippen LogP contribution in [0.15, 0.2) is 42.7 Å². The third-order valence-corrected chi connectivity index (χ3v) is 3.10. The largest absolute Gasteiger partial charge is 0.390 e. The summed E-state index contributed by atoms with van der Waals surface area (Å²) in [6.45, 7) is 1.90. The Morgan fingerprint density at radius 2 is 2.11 bits per heavy atom. The Morgan fingerprint density at radius 3 is 2.74 bits per heavy atom. The van der Waals surface area contributed by atoms with Gasteiger partial charge in [0.25, 0.3) is 0 Å². The summed E-state index contributed by atoms with van der Waals surface area (Å²) in [5, 5.41) is 14.8. The zero-order valence-corrected chi connectivity index (χ0v) is 11.7. The summed E-state index contributed by atoms with van der Waals surface area (Å²) in [6, 6.07) is 9.61. The molecule has 1 atom stereocenters. The number of benzene rings is 1. The number of aliphatic hydroxyl groups is 1. The van der Waals surface area contributed by atoms with Crippen LogP contribution in [0.3, 0.4) is 0 Å². The molecule has 19 heavy (non-hydrogen) atoms. The first-order valence-electron chi connectivity index (χ1n) is 6.22. The summed E-state index contributed by atoms with van der Waals surface area (Å²) in [6.07, 6.45) is 3.13. The second kappa shape index (κ2) is 6.70. The molecule has 0 saturated heterocycles. The topological polar surface area (TPSA) is 41.3 Å². The van der Waals surface area contributed by atoms with Crippen LogP contribution in [0.25, 0.3) is 0 Å². The standard InChI is InChI=1S/C14H18ClN3O/c1-17(9-12-3-5-13(15)6-4-12)10-14(19)11-18-8-2-7-16-18/h2-8,14,19H,9-11H2,1H3/t14-/m1/s1. The van der Waals surface area contributed by atoms with E-state index >= 15 is 0 Å². The van der Waals surface area contributed by atoms with E-state index in [0.29, 0.717) is 13.1 Å². The summed E-state index contributed by atoms with van der Waals surface area (Å²) in [4.78, 5) is 2.08. The first-order chi connectivity index (χ1) is 9.13. The normalized spacial score (nSPS) is 12.8. The summed E-state index contributed by atoms with van der Waals surface area (Å²) in [5.41, 5.74) is 1.18. The van der Waals surface area contributed by atoms with Crippen molar-refractivity contribution in [3.05, 3.63) is 53.3 Å². The van der Waals surface area contributed by atoms with Crippen molar-refractivity contribution in [2.75, 3.05) is 13.6 Å². The fourth-order valence-electron chi connectivity index (χ4n) is 2.01. The molecule has 1 heterocycles. The molecule has 0 saturated carbocycles. The highest BCUT2D eigenvalue weighted by molar-refractivity contribution is 6.30. The highest BCUT2D eigenvalue weighted by Crippen LogP contribution is 2.11. The van der Waals surface area contributed by atoms with Gasteiger partial charge in [0.1, 0.15) is 0 Å². The number of likely N-dealkylation sites (N-methyl/N-ethyl adjacent to an activating group) is 1. The lowest BCUT2D eigenvalue weighted by atomic mass is 10.2. The number of halogens is 1. The molecule has 1 aromatic carbocycles. The van der Waals surface area contributed by atoms with Crippen LogP contribution in [-0.4, -0.2) is 39.5 Å².